The van der Waals surface area contributed by atoms with Crippen LogP contribution in [0.3, 0.4) is 0 Å². The molecule has 2 aromatic carbocycles. The third-order valence-electron chi connectivity index (χ3n) is 3.60. The van der Waals surface area contributed by atoms with Gasteiger partial charge in [-0.25, -0.2) is 0 Å². The highest BCUT2D eigenvalue weighted by molar-refractivity contribution is 6.37. The van der Waals surface area contributed by atoms with Crippen molar-refractivity contribution in [2.75, 3.05) is 11.9 Å². The van der Waals surface area contributed by atoms with Crippen LogP contribution in [0, 0.1) is 22.7 Å². The van der Waals surface area contributed by atoms with E-state index in [4.69, 9.17) is 33.2 Å². The molecular weight excluding hydrogens is 385 g/mol. The van der Waals surface area contributed by atoms with E-state index < -0.39 is 5.91 Å². The molecule has 0 bridgehead atoms. The maximum atomic E-state index is 12.4. The summed E-state index contributed by atoms with van der Waals surface area (Å²) in [6, 6.07) is 14.1. The molecule has 1 N–H and O–H groups in total. The molecule has 27 heavy (non-hydrogen) atoms. The first-order valence-electron chi connectivity index (χ1n) is 7.99. The van der Waals surface area contributed by atoms with E-state index in [2.05, 4.69) is 5.32 Å². The van der Waals surface area contributed by atoms with E-state index >= 15 is 0 Å². The van der Waals surface area contributed by atoms with Crippen LogP contribution in [0.4, 0.5) is 5.69 Å². The highest BCUT2D eigenvalue weighted by atomic mass is 35.5. The molecule has 0 heterocycles. The Balaban J connectivity index is 2.23. The van der Waals surface area contributed by atoms with Crippen molar-refractivity contribution in [3.8, 4) is 17.9 Å². The molecule has 0 spiro atoms. The normalized spacial score (nSPS) is 10.6. The molecule has 0 aliphatic heterocycles. The number of nitrogens with one attached hydrogen (secondary N) is 1. The Morgan fingerprint density at radius 2 is 1.81 bits per heavy atom. The van der Waals surface area contributed by atoms with E-state index in [-0.39, 0.29) is 28.0 Å². The predicted octanol–water partition coefficient (Wildman–Crippen LogP) is 5.00. The topological polar surface area (TPSA) is 85.9 Å². The first-order valence-corrected chi connectivity index (χ1v) is 8.75. The lowest BCUT2D eigenvalue weighted by molar-refractivity contribution is -0.112. The van der Waals surface area contributed by atoms with Gasteiger partial charge in [-0.1, -0.05) is 42.3 Å². The third-order valence-corrected chi connectivity index (χ3v) is 4.16. The monoisotopic (exact) mass is 399 g/mol. The minimum absolute atomic E-state index is 0.104. The number of rotatable bonds is 6. The molecule has 5 nitrogen and oxygen atoms in total. The second kappa shape index (κ2) is 9.64. The molecule has 0 atom stereocenters. The molecule has 136 valence electrons. The molecule has 1 amide bonds. The van der Waals surface area contributed by atoms with Gasteiger partial charge in [0, 0.05) is 5.69 Å². The molecule has 2 aromatic rings. The summed E-state index contributed by atoms with van der Waals surface area (Å²) in [5.74, 6) is -0.366. The van der Waals surface area contributed by atoms with Gasteiger partial charge in [0.1, 0.15) is 17.7 Å². The van der Waals surface area contributed by atoms with Crippen LogP contribution >= 0.6 is 23.2 Å². The van der Waals surface area contributed by atoms with E-state index in [1.54, 1.807) is 12.1 Å². The largest absolute Gasteiger partial charge is 0.476 e. The molecule has 7 heteroatoms. The van der Waals surface area contributed by atoms with Gasteiger partial charge in [0.2, 0.25) is 0 Å². The van der Waals surface area contributed by atoms with Crippen molar-refractivity contribution in [2.24, 2.45) is 0 Å². The molecule has 0 aliphatic carbocycles. The Kier molecular flexibility index (Phi) is 7.25. The smallest absolute Gasteiger partial charge is 0.266 e. The van der Waals surface area contributed by atoms with Crippen molar-refractivity contribution >= 4 is 40.9 Å². The van der Waals surface area contributed by atoms with Gasteiger partial charge in [-0.3, -0.25) is 4.79 Å². The summed E-state index contributed by atoms with van der Waals surface area (Å²) in [7, 11) is 0. The van der Waals surface area contributed by atoms with E-state index in [0.717, 1.165) is 12.0 Å². The molecule has 0 saturated carbocycles. The molecule has 0 fully saturated rings. The second-order valence-corrected chi connectivity index (χ2v) is 6.25. The van der Waals surface area contributed by atoms with Gasteiger partial charge in [-0.2, -0.15) is 10.5 Å². The molecule has 0 unspecified atom stereocenters. The van der Waals surface area contributed by atoms with Crippen LogP contribution in [-0.2, 0) is 11.2 Å². The average Bonchev–Trinajstić information content (AvgIpc) is 2.66. The maximum Gasteiger partial charge on any atom is 0.266 e. The molecule has 0 radical (unpaired) electrons. The Hall–Kier alpha value is -2.99. The van der Waals surface area contributed by atoms with Crippen LogP contribution in [0.15, 0.2) is 42.0 Å². The van der Waals surface area contributed by atoms with Crippen LogP contribution in [-0.4, -0.2) is 12.5 Å². The Labute approximate surface area is 167 Å². The molecule has 0 aromatic heterocycles. The number of nitrogens with zero attached hydrogens (tertiary/aromatic N) is 2. The van der Waals surface area contributed by atoms with Crippen molar-refractivity contribution < 1.29 is 9.53 Å². The van der Waals surface area contributed by atoms with Gasteiger partial charge in [0.25, 0.3) is 5.91 Å². The number of carbonyl (C=O) groups excluding carboxylic acids is 1. The van der Waals surface area contributed by atoms with Crippen molar-refractivity contribution in [2.45, 2.75) is 13.3 Å². The lowest BCUT2D eigenvalue weighted by Crippen LogP contribution is -2.13. The van der Waals surface area contributed by atoms with Crippen LogP contribution in [0.2, 0.25) is 10.0 Å². The minimum Gasteiger partial charge on any atom is -0.476 e. The summed E-state index contributed by atoms with van der Waals surface area (Å²) in [4.78, 5) is 12.4. The number of carbonyl (C=O) groups is 1. The number of hydrogen-bond acceptors (Lipinski definition) is 4. The summed E-state index contributed by atoms with van der Waals surface area (Å²) >= 11 is 12.2. The Bertz CT molecular complexity index is 932. The van der Waals surface area contributed by atoms with Gasteiger partial charge in [0.05, 0.1) is 10.0 Å². The second-order valence-electron chi connectivity index (χ2n) is 5.43. The summed E-state index contributed by atoms with van der Waals surface area (Å²) in [6.07, 6.45) is 2.27. The third kappa shape index (κ3) is 5.49. The highest BCUT2D eigenvalue weighted by Gasteiger charge is 2.13. The lowest BCUT2D eigenvalue weighted by atomic mass is 10.1. The summed E-state index contributed by atoms with van der Waals surface area (Å²) in [6.45, 7) is 1.84. The van der Waals surface area contributed by atoms with E-state index in [9.17, 15) is 10.1 Å². The van der Waals surface area contributed by atoms with Crippen LogP contribution in [0.5, 0.6) is 5.75 Å². The van der Waals surface area contributed by atoms with Gasteiger partial charge in [-0.05, 0) is 47.9 Å². The fourth-order valence-corrected chi connectivity index (χ4v) is 2.86. The molecule has 2 rings (SSSR count). The fourth-order valence-electron chi connectivity index (χ4n) is 2.24. The van der Waals surface area contributed by atoms with Gasteiger partial charge in [0.15, 0.2) is 12.4 Å². The Morgan fingerprint density at radius 1 is 1.19 bits per heavy atom. The minimum atomic E-state index is -0.543. The fraction of sp³-hybridized carbons (Fsp3) is 0.150. The van der Waals surface area contributed by atoms with E-state index in [0.29, 0.717) is 11.3 Å². The molecule has 0 aliphatic rings. The number of hydrogen-bond donors (Lipinski definition) is 1. The quantitative estimate of drug-likeness (QED) is 0.546. The molecular formula is C20H15Cl2N3O2. The number of ether oxygens (including phenoxy) is 1. The SMILES string of the molecule is CCc1ccc(NC(=O)/C(C#N)=C/c2cc(Cl)c(OCC#N)c(Cl)c2)cc1. The van der Waals surface area contributed by atoms with Crippen molar-refractivity contribution in [1.29, 1.82) is 10.5 Å². The highest BCUT2D eigenvalue weighted by Crippen LogP contribution is 2.34. The van der Waals surface area contributed by atoms with Crippen LogP contribution < -0.4 is 10.1 Å². The summed E-state index contributed by atoms with van der Waals surface area (Å²) in [5.41, 5.74) is 2.09. The lowest BCUT2D eigenvalue weighted by Gasteiger charge is -2.09. The number of nitriles is 2. The first kappa shape index (κ1) is 20.3. The van der Waals surface area contributed by atoms with Crippen molar-refractivity contribution in [1.82, 2.24) is 0 Å². The summed E-state index contributed by atoms with van der Waals surface area (Å²) in [5, 5.41) is 20.9. The van der Waals surface area contributed by atoms with E-state index in [1.807, 2.05) is 31.2 Å². The predicted molar refractivity (Wildman–Crippen MR) is 106 cm³/mol. The van der Waals surface area contributed by atoms with Gasteiger partial charge in [-0.15, -0.1) is 0 Å². The number of halogens is 2. The summed E-state index contributed by atoms with van der Waals surface area (Å²) < 4.78 is 5.16. The van der Waals surface area contributed by atoms with Gasteiger partial charge < -0.3 is 10.1 Å². The van der Waals surface area contributed by atoms with E-state index in [1.165, 1.54) is 18.2 Å². The Morgan fingerprint density at radius 3 is 2.33 bits per heavy atom. The standard InChI is InChI=1S/C20H15Cl2N3O2/c1-2-13-3-5-16(6-4-13)25-20(26)15(12-24)9-14-10-17(21)19(18(22)11-14)27-8-7-23/h3-6,9-11H,2,8H2,1H3,(H,25,26)/b15-9+. The van der Waals surface area contributed by atoms with Crippen molar-refractivity contribution in [3.63, 3.8) is 0 Å². The first-order chi connectivity index (χ1) is 13.0. The number of amides is 1. The van der Waals surface area contributed by atoms with Crippen molar-refractivity contribution in [3.05, 3.63) is 63.1 Å². The zero-order valence-corrected chi connectivity index (χ0v) is 15.9. The number of benzene rings is 2. The number of anilines is 1. The van der Waals surface area contributed by atoms with Crippen LogP contribution in [0.25, 0.3) is 6.08 Å². The molecule has 0 saturated heterocycles. The number of aryl methyl sites for hydroxylation is 1. The maximum absolute atomic E-state index is 12.4. The van der Waals surface area contributed by atoms with Crippen LogP contribution in [0.1, 0.15) is 18.1 Å². The zero-order valence-electron chi connectivity index (χ0n) is 14.4. The average molecular weight is 400 g/mol. The van der Waals surface area contributed by atoms with Gasteiger partial charge >= 0.3 is 0 Å². The zero-order chi connectivity index (χ0) is 19.8.